The van der Waals surface area contributed by atoms with Gasteiger partial charge in [0.1, 0.15) is 58.0 Å². The topological polar surface area (TPSA) is 100 Å². The van der Waals surface area contributed by atoms with Crippen LogP contribution in [-0.2, 0) is 0 Å². The monoisotopic (exact) mass is 542 g/mol. The summed E-state index contributed by atoms with van der Waals surface area (Å²) in [6.45, 7) is 0. The van der Waals surface area contributed by atoms with Crippen LogP contribution in [-0.4, -0.2) is 11.9 Å². The Labute approximate surface area is 224 Å². The van der Waals surface area contributed by atoms with E-state index in [2.05, 4.69) is 0 Å². The summed E-state index contributed by atoms with van der Waals surface area (Å²) in [4.78, 5) is 24.6. The second-order valence-corrected chi connectivity index (χ2v) is 8.10. The first-order valence-electron chi connectivity index (χ1n) is 11.3. The molecular formula is C30H14F4N2O4. The maximum Gasteiger partial charge on any atom is 0.343 e. The molecule has 0 fully saturated rings. The van der Waals surface area contributed by atoms with Gasteiger partial charge >= 0.3 is 11.9 Å². The van der Waals surface area contributed by atoms with Gasteiger partial charge in [-0.2, -0.15) is 10.5 Å². The summed E-state index contributed by atoms with van der Waals surface area (Å²) < 4.78 is 64.9. The van der Waals surface area contributed by atoms with Crippen molar-refractivity contribution in [3.05, 3.63) is 129 Å². The van der Waals surface area contributed by atoms with Gasteiger partial charge < -0.3 is 9.47 Å². The molecule has 0 heterocycles. The minimum absolute atomic E-state index is 0.118. The minimum atomic E-state index is -1.15. The zero-order valence-electron chi connectivity index (χ0n) is 20.1. The van der Waals surface area contributed by atoms with Gasteiger partial charge in [-0.15, -0.1) is 0 Å². The number of benzene rings is 4. The average molecular weight is 542 g/mol. The highest BCUT2D eigenvalue weighted by Gasteiger charge is 2.16. The van der Waals surface area contributed by atoms with Crippen LogP contribution in [0.1, 0.15) is 43.0 Å². The molecule has 10 heteroatoms. The van der Waals surface area contributed by atoms with E-state index in [1.807, 2.05) is 0 Å². The van der Waals surface area contributed by atoms with Crippen LogP contribution in [0.25, 0.3) is 12.2 Å². The largest absolute Gasteiger partial charge is 0.423 e. The molecule has 6 nitrogen and oxygen atoms in total. The molecule has 0 aliphatic heterocycles. The van der Waals surface area contributed by atoms with E-state index >= 15 is 0 Å². The van der Waals surface area contributed by atoms with Gasteiger partial charge in [0, 0.05) is 24.3 Å². The van der Waals surface area contributed by atoms with Crippen LogP contribution in [0.2, 0.25) is 0 Å². The van der Waals surface area contributed by atoms with E-state index in [4.69, 9.17) is 20.0 Å². The predicted molar refractivity (Wildman–Crippen MR) is 134 cm³/mol. The molecule has 0 radical (unpaired) electrons. The summed E-state index contributed by atoms with van der Waals surface area (Å²) in [5, 5.41) is 17.4. The van der Waals surface area contributed by atoms with Crippen molar-refractivity contribution in [2.24, 2.45) is 0 Å². The van der Waals surface area contributed by atoms with Gasteiger partial charge in [0.2, 0.25) is 0 Å². The summed E-state index contributed by atoms with van der Waals surface area (Å²) >= 11 is 0. The first kappa shape index (κ1) is 27.3. The average Bonchev–Trinajstić information content (AvgIpc) is 2.92. The van der Waals surface area contributed by atoms with Gasteiger partial charge in [-0.1, -0.05) is 36.4 Å². The first-order valence-corrected chi connectivity index (χ1v) is 11.3. The molecule has 40 heavy (non-hydrogen) atoms. The summed E-state index contributed by atoms with van der Waals surface area (Å²) in [5.41, 5.74) is 0.0733. The molecule has 4 aromatic carbocycles. The Morgan fingerprint density at radius 1 is 0.575 bits per heavy atom. The molecule has 0 aromatic heterocycles. The van der Waals surface area contributed by atoms with E-state index < -0.39 is 46.3 Å². The zero-order valence-corrected chi connectivity index (χ0v) is 20.1. The van der Waals surface area contributed by atoms with E-state index in [0.717, 1.165) is 24.3 Å². The van der Waals surface area contributed by atoms with Gasteiger partial charge in [-0.3, -0.25) is 0 Å². The Kier molecular flexibility index (Phi) is 8.02. The van der Waals surface area contributed by atoms with Crippen molar-refractivity contribution in [3.8, 4) is 23.6 Å². The number of nitriles is 2. The second-order valence-electron chi connectivity index (χ2n) is 8.10. The Morgan fingerprint density at radius 2 is 0.875 bits per heavy atom. The summed E-state index contributed by atoms with van der Waals surface area (Å²) in [7, 11) is 0. The fraction of sp³-hybridized carbons (Fsp3) is 0. The summed E-state index contributed by atoms with van der Waals surface area (Å²) in [6, 6.07) is 18.0. The molecule has 0 N–H and O–H groups in total. The fourth-order valence-corrected chi connectivity index (χ4v) is 3.42. The lowest BCUT2D eigenvalue weighted by atomic mass is 10.1. The molecule has 0 amide bonds. The quantitative estimate of drug-likeness (QED) is 0.118. The molecule has 0 bridgehead atoms. The molecule has 0 aliphatic carbocycles. The van der Waals surface area contributed by atoms with E-state index in [0.29, 0.717) is 11.1 Å². The number of halogens is 4. The van der Waals surface area contributed by atoms with E-state index in [1.54, 1.807) is 36.4 Å². The SMILES string of the molecule is N#Cc1c(F)cc(OC(=O)c2ccc(/C=C/c3ccc(C(=O)Oc4cc(F)c(C#N)c(F)c4)cc3)cc2)cc1F. The van der Waals surface area contributed by atoms with Gasteiger partial charge in [0.15, 0.2) is 0 Å². The lowest BCUT2D eigenvalue weighted by Gasteiger charge is -2.06. The molecule has 196 valence electrons. The molecule has 0 saturated heterocycles. The molecular weight excluding hydrogens is 528 g/mol. The smallest absolute Gasteiger partial charge is 0.343 e. The van der Waals surface area contributed by atoms with Crippen LogP contribution < -0.4 is 9.47 Å². The third kappa shape index (κ3) is 6.21. The molecule has 4 rings (SSSR count). The van der Waals surface area contributed by atoms with E-state index in [9.17, 15) is 27.2 Å². The highest BCUT2D eigenvalue weighted by molar-refractivity contribution is 5.92. The van der Waals surface area contributed by atoms with Gasteiger partial charge in [0.05, 0.1) is 11.1 Å². The van der Waals surface area contributed by atoms with Crippen molar-refractivity contribution >= 4 is 24.1 Å². The maximum atomic E-state index is 13.7. The number of carbonyl (C=O) groups is 2. The van der Waals surface area contributed by atoms with Crippen LogP contribution in [0.4, 0.5) is 17.6 Å². The van der Waals surface area contributed by atoms with Crippen LogP contribution in [0, 0.1) is 45.9 Å². The number of esters is 2. The normalized spacial score (nSPS) is 10.6. The van der Waals surface area contributed by atoms with Gasteiger partial charge in [-0.05, 0) is 35.4 Å². The number of hydrogen-bond donors (Lipinski definition) is 0. The maximum absolute atomic E-state index is 13.7. The third-order valence-electron chi connectivity index (χ3n) is 5.44. The molecule has 4 aromatic rings. The Morgan fingerprint density at radius 3 is 1.15 bits per heavy atom. The highest BCUT2D eigenvalue weighted by Crippen LogP contribution is 2.23. The Hall–Kier alpha value is -5.74. The van der Waals surface area contributed by atoms with Crippen molar-refractivity contribution in [1.29, 1.82) is 10.5 Å². The van der Waals surface area contributed by atoms with Gasteiger partial charge in [-0.25, -0.2) is 27.2 Å². The van der Waals surface area contributed by atoms with Crippen LogP contribution in [0.5, 0.6) is 11.5 Å². The predicted octanol–water partition coefficient (Wildman–Crippen LogP) is 6.60. The summed E-state index contributed by atoms with van der Waals surface area (Å²) in [6.07, 6.45) is 3.44. The van der Waals surface area contributed by atoms with Crippen LogP contribution >= 0.6 is 0 Å². The Balaban J connectivity index is 1.37. The minimum Gasteiger partial charge on any atom is -0.423 e. The molecule has 0 spiro atoms. The van der Waals surface area contributed by atoms with Gasteiger partial charge in [0.25, 0.3) is 0 Å². The number of rotatable bonds is 6. The van der Waals surface area contributed by atoms with Crippen molar-refractivity contribution in [2.75, 3.05) is 0 Å². The highest BCUT2D eigenvalue weighted by atomic mass is 19.1. The third-order valence-corrected chi connectivity index (χ3v) is 5.44. The van der Waals surface area contributed by atoms with E-state index in [1.165, 1.54) is 36.4 Å². The van der Waals surface area contributed by atoms with Crippen molar-refractivity contribution in [3.63, 3.8) is 0 Å². The number of hydrogen-bond acceptors (Lipinski definition) is 6. The van der Waals surface area contributed by atoms with Crippen molar-refractivity contribution < 1.29 is 36.6 Å². The molecule has 0 saturated carbocycles. The van der Waals surface area contributed by atoms with E-state index in [-0.39, 0.29) is 22.6 Å². The number of carbonyl (C=O) groups excluding carboxylic acids is 2. The van der Waals surface area contributed by atoms with Crippen molar-refractivity contribution in [2.45, 2.75) is 0 Å². The molecule has 0 aliphatic rings. The lowest BCUT2D eigenvalue weighted by Crippen LogP contribution is -2.09. The van der Waals surface area contributed by atoms with Crippen LogP contribution in [0.3, 0.4) is 0 Å². The standard InChI is InChI=1S/C30H14F4N2O4/c31-25-11-21(12-26(32)23(25)15-35)39-29(37)19-7-3-17(4-8-19)1-2-18-5-9-20(10-6-18)30(38)40-22-13-27(33)24(16-36)28(34)14-22/h1-14H/b2-1+. The zero-order chi connectivity index (χ0) is 28.8. The van der Waals surface area contributed by atoms with Crippen molar-refractivity contribution in [1.82, 2.24) is 0 Å². The molecule has 0 atom stereocenters. The fourth-order valence-electron chi connectivity index (χ4n) is 3.42. The Bertz CT molecular complexity index is 1560. The summed E-state index contributed by atoms with van der Waals surface area (Å²) in [5.74, 6) is -7.06. The number of nitrogens with zero attached hydrogens (tertiary/aromatic N) is 2. The molecule has 0 unspecified atom stereocenters. The first-order chi connectivity index (χ1) is 19.2. The number of ether oxygens (including phenoxy) is 2. The lowest BCUT2D eigenvalue weighted by molar-refractivity contribution is 0.0724. The second kappa shape index (κ2) is 11.8. The van der Waals surface area contributed by atoms with Crippen LogP contribution in [0.15, 0.2) is 72.8 Å².